The normalized spacial score (nSPS) is 6.38. The first-order valence-electron chi connectivity index (χ1n) is 2.85. The summed E-state index contributed by atoms with van der Waals surface area (Å²) in [6.07, 6.45) is 0. The molecule has 0 unspecified atom stereocenters. The van der Waals surface area contributed by atoms with Crippen molar-refractivity contribution >= 4 is 40.6 Å². The Labute approximate surface area is 112 Å². The Bertz CT molecular complexity index is 283. The third-order valence-electron chi connectivity index (χ3n) is 1.14. The first-order chi connectivity index (χ1) is 5.24. The Kier molecular flexibility index (Phi) is 26.9. The molecule has 0 spiro atoms. The minimum atomic E-state index is -0.813. The van der Waals surface area contributed by atoms with Crippen LogP contribution in [0.25, 0.3) is 0 Å². The summed E-state index contributed by atoms with van der Waals surface area (Å²) in [5.74, 6) is -0.813. The molecule has 0 saturated heterocycles. The van der Waals surface area contributed by atoms with Crippen LogP contribution in [-0.4, -0.2) is 56.2 Å². The summed E-state index contributed by atoms with van der Waals surface area (Å²) < 4.78 is 0. The average Bonchev–Trinajstić information content (AvgIpc) is 2.03. The lowest BCUT2D eigenvalue weighted by Gasteiger charge is -1.95. The maximum absolute atomic E-state index is 10.6. The molecule has 9 N–H and O–H groups in total. The third kappa shape index (κ3) is 8.82. The van der Waals surface area contributed by atoms with E-state index in [1.165, 1.54) is 12.1 Å². The zero-order valence-corrected chi connectivity index (χ0v) is 8.21. The molecule has 7 nitrogen and oxygen atoms in total. The van der Waals surface area contributed by atoms with Crippen LogP contribution in [0.2, 0.25) is 5.02 Å². The van der Waals surface area contributed by atoms with Gasteiger partial charge in [-0.2, -0.15) is 5.26 Å². The molecule has 94 valence electrons. The smallest absolute Gasteiger partial charge is 0.372 e. The molecule has 0 radical (unpaired) electrons. The van der Waals surface area contributed by atoms with E-state index in [0.717, 1.165) is 0 Å². The van der Waals surface area contributed by atoms with Gasteiger partial charge in [0.25, 0.3) is 0 Å². The largest absolute Gasteiger partial charge is 0.412 e. The lowest BCUT2D eigenvalue weighted by molar-refractivity contribution is -0.182. The van der Waals surface area contributed by atoms with E-state index in [4.69, 9.17) is 16.9 Å². The van der Waals surface area contributed by atoms with E-state index in [9.17, 15) is 4.79 Å². The van der Waals surface area contributed by atoms with Crippen LogP contribution < -0.4 is 0 Å². The fourth-order valence-electron chi connectivity index (χ4n) is 0.668. The van der Waals surface area contributed by atoms with Crippen molar-refractivity contribution in [2.24, 2.45) is 0 Å². The zero-order valence-electron chi connectivity index (χ0n) is 7.45. The third-order valence-corrected chi connectivity index (χ3v) is 1.38. The molecule has 0 fully saturated rings. The van der Waals surface area contributed by atoms with Crippen LogP contribution in [0.5, 0.6) is 0 Å². The highest BCUT2D eigenvalue weighted by atomic mass is 35.5. The van der Waals surface area contributed by atoms with Crippen LogP contribution in [0.4, 0.5) is 0 Å². The molecule has 0 amide bonds. The minimum Gasteiger partial charge on any atom is -0.412 e. The quantitative estimate of drug-likeness (QED) is 0.346. The fourth-order valence-corrected chi connectivity index (χ4v) is 0.858. The second-order valence-corrected chi connectivity index (χ2v) is 2.33. The first-order valence-corrected chi connectivity index (χ1v) is 3.23. The molecular weight excluding hydrogens is 256 g/mol. The summed E-state index contributed by atoms with van der Waals surface area (Å²) in [5.41, 5.74) is 0.222. The van der Waals surface area contributed by atoms with E-state index in [2.05, 4.69) is 4.89 Å². The van der Waals surface area contributed by atoms with Gasteiger partial charge in [-0.25, -0.2) is 4.79 Å². The van der Waals surface area contributed by atoms with Crippen molar-refractivity contribution in [2.45, 2.75) is 0 Å². The Morgan fingerprint density at radius 1 is 1.19 bits per heavy atom. The zero-order chi connectivity index (χ0) is 8.27. The van der Waals surface area contributed by atoms with Crippen molar-refractivity contribution < 1.29 is 36.8 Å². The van der Waals surface area contributed by atoms with Gasteiger partial charge in [0, 0.05) is 5.02 Å². The second-order valence-electron chi connectivity index (χ2n) is 1.89. The van der Waals surface area contributed by atoms with Gasteiger partial charge in [-0.05, 0) is 18.2 Å². The van der Waals surface area contributed by atoms with Gasteiger partial charge in [0.05, 0.1) is 5.56 Å². The monoisotopic (exact) mass is 270 g/mol. The van der Waals surface area contributed by atoms with Gasteiger partial charge in [-0.1, -0.05) is 17.7 Å². The first kappa shape index (κ1) is 29.6. The summed E-state index contributed by atoms with van der Waals surface area (Å²) in [4.78, 5) is 14.1. The molecule has 0 aromatic heterocycles. The van der Waals surface area contributed by atoms with E-state index >= 15 is 0 Å². The topological polar surface area (TPSA) is 173 Å². The molecule has 9 heteroatoms. The molecule has 0 heterocycles. The summed E-state index contributed by atoms with van der Waals surface area (Å²) in [6, 6.07) is 6.11. The highest BCUT2D eigenvalue weighted by Crippen LogP contribution is 2.10. The molecule has 1 rings (SSSR count). The molecule has 0 bridgehead atoms. The van der Waals surface area contributed by atoms with E-state index in [-0.39, 0.29) is 50.5 Å². The van der Waals surface area contributed by atoms with Crippen LogP contribution in [0, 0.1) is 0 Å². The van der Waals surface area contributed by atoms with Crippen LogP contribution in [0.1, 0.15) is 10.4 Å². The Morgan fingerprint density at radius 2 is 1.69 bits per heavy atom. The van der Waals surface area contributed by atoms with Gasteiger partial charge in [0.2, 0.25) is 0 Å². The summed E-state index contributed by atoms with van der Waals surface area (Å²) in [7, 11) is 0. The number of carbonyl (C=O) groups is 1. The average molecular weight is 271 g/mol. The predicted molar refractivity (Wildman–Crippen MR) is 62.5 cm³/mol. The van der Waals surface area contributed by atoms with Gasteiger partial charge in [-0.15, -0.1) is 0 Å². The summed E-state index contributed by atoms with van der Waals surface area (Å²) >= 11 is 5.56. The predicted octanol–water partition coefficient (Wildman–Crippen LogP) is -2.25. The van der Waals surface area contributed by atoms with Gasteiger partial charge in [0.1, 0.15) is 0 Å². The van der Waals surface area contributed by atoms with Gasteiger partial charge in [0.15, 0.2) is 0 Å². The molecule has 16 heavy (non-hydrogen) atoms. The van der Waals surface area contributed by atoms with Crippen LogP contribution in [-0.2, 0) is 4.89 Å². The number of rotatable bonds is 1. The second kappa shape index (κ2) is 14.5. The van der Waals surface area contributed by atoms with E-state index in [0.29, 0.717) is 5.02 Å². The van der Waals surface area contributed by atoms with E-state index in [1.54, 1.807) is 12.1 Å². The number of benzene rings is 1. The maximum Gasteiger partial charge on any atom is 0.372 e. The summed E-state index contributed by atoms with van der Waals surface area (Å²) in [5, 5.41) is 8.41. The van der Waals surface area contributed by atoms with Crippen molar-refractivity contribution in [2.75, 3.05) is 0 Å². The van der Waals surface area contributed by atoms with E-state index in [1.807, 2.05) is 0 Å². The van der Waals surface area contributed by atoms with Crippen molar-refractivity contribution in [3.8, 4) is 0 Å². The SMILES string of the molecule is O.O.O.O.O=C(OO)c1cccc(Cl)c1.[MgH2]. The number of halogens is 1. The Hall–Kier alpha value is -0.454. The number of carbonyl (C=O) groups excluding carboxylic acids is 1. The van der Waals surface area contributed by atoms with E-state index < -0.39 is 5.97 Å². The Morgan fingerprint density at radius 3 is 2.06 bits per heavy atom. The van der Waals surface area contributed by atoms with Crippen LogP contribution in [0.3, 0.4) is 0 Å². The van der Waals surface area contributed by atoms with Crippen molar-refractivity contribution in [3.63, 3.8) is 0 Å². The van der Waals surface area contributed by atoms with Crippen LogP contribution >= 0.6 is 11.6 Å². The maximum atomic E-state index is 10.6. The van der Waals surface area contributed by atoms with Gasteiger partial charge in [-0.3, -0.25) is 4.89 Å². The van der Waals surface area contributed by atoms with Crippen molar-refractivity contribution in [1.29, 1.82) is 0 Å². The highest BCUT2D eigenvalue weighted by molar-refractivity contribution is 6.30. The number of hydrogen-bond acceptors (Lipinski definition) is 3. The van der Waals surface area contributed by atoms with Gasteiger partial charge < -0.3 is 21.9 Å². The fraction of sp³-hybridized carbons (Fsp3) is 0. The molecule has 1 aromatic carbocycles. The molecule has 0 atom stereocenters. The number of hydrogen-bond donors (Lipinski definition) is 1. The molecule has 1 aromatic rings. The van der Waals surface area contributed by atoms with Gasteiger partial charge >= 0.3 is 29.0 Å². The highest BCUT2D eigenvalue weighted by Gasteiger charge is 2.05. The van der Waals surface area contributed by atoms with Crippen molar-refractivity contribution in [3.05, 3.63) is 34.9 Å². The molecule has 0 saturated carbocycles. The van der Waals surface area contributed by atoms with Crippen molar-refractivity contribution in [1.82, 2.24) is 0 Å². The molecule has 0 aliphatic rings. The van der Waals surface area contributed by atoms with Crippen LogP contribution in [0.15, 0.2) is 24.3 Å². The Balaban J connectivity index is -0.0000000807. The minimum absolute atomic E-state index is 0. The lowest BCUT2D eigenvalue weighted by atomic mass is 10.2. The lowest BCUT2D eigenvalue weighted by Crippen LogP contribution is -2.00. The summed E-state index contributed by atoms with van der Waals surface area (Å²) in [6.45, 7) is 0. The molecule has 0 aliphatic carbocycles. The molecule has 0 aliphatic heterocycles. The standard InChI is InChI=1S/C7H5ClO3.Mg.4H2O.2H/c8-6-3-1-2-5(4-6)7(9)11-10;;;;;;;/h1-4,10H;;4*1H2;;. The molecular formula is C7H15ClMgO7.